The van der Waals surface area contributed by atoms with Gasteiger partial charge >= 0.3 is 5.69 Å². The van der Waals surface area contributed by atoms with Gasteiger partial charge in [0.15, 0.2) is 0 Å². The number of fused-ring (bicyclic) bond motifs is 1. The number of ether oxygens (including phenoxy) is 3. The number of aromatic nitrogens is 2. The van der Waals surface area contributed by atoms with Gasteiger partial charge in [-0.25, -0.2) is 4.79 Å². The number of nitrogens with one attached hydrogen (secondary N) is 1. The summed E-state index contributed by atoms with van der Waals surface area (Å²) in [5.41, 5.74) is -0.0603. The van der Waals surface area contributed by atoms with E-state index >= 15 is 0 Å². The van der Waals surface area contributed by atoms with E-state index < -0.39 is 11.6 Å². The molecule has 1 N–H and O–H groups in total. The number of rotatable bonds is 9. The summed E-state index contributed by atoms with van der Waals surface area (Å²) in [7, 11) is 4.58. The average molecular weight is 427 g/mol. The Balaban J connectivity index is 1.96. The van der Waals surface area contributed by atoms with Gasteiger partial charge in [0.1, 0.15) is 18.0 Å². The second-order valence-electron chi connectivity index (χ2n) is 6.84. The summed E-state index contributed by atoms with van der Waals surface area (Å²) in [5.74, 6) is 0.609. The fourth-order valence-corrected chi connectivity index (χ4v) is 3.31. The minimum atomic E-state index is -0.543. The molecule has 0 aliphatic heterocycles. The Labute approximate surface area is 178 Å². The molecule has 31 heavy (non-hydrogen) atoms. The maximum absolute atomic E-state index is 13.1. The molecular weight excluding hydrogens is 402 g/mol. The molecule has 9 heteroatoms. The van der Waals surface area contributed by atoms with Crippen molar-refractivity contribution in [1.29, 1.82) is 0 Å². The van der Waals surface area contributed by atoms with Crippen molar-refractivity contribution in [3.63, 3.8) is 0 Å². The lowest BCUT2D eigenvalue weighted by molar-refractivity contribution is -0.116. The van der Waals surface area contributed by atoms with E-state index in [0.717, 1.165) is 4.57 Å². The lowest BCUT2D eigenvalue weighted by Crippen LogP contribution is -2.42. The lowest BCUT2D eigenvalue weighted by Gasteiger charge is -2.14. The van der Waals surface area contributed by atoms with Crippen molar-refractivity contribution in [3.8, 4) is 11.5 Å². The van der Waals surface area contributed by atoms with Gasteiger partial charge in [0.05, 0.1) is 25.1 Å². The van der Waals surface area contributed by atoms with Crippen LogP contribution >= 0.6 is 0 Å². The van der Waals surface area contributed by atoms with E-state index in [0.29, 0.717) is 41.1 Å². The molecule has 0 atom stereocenters. The third-order valence-corrected chi connectivity index (χ3v) is 4.80. The Morgan fingerprint density at radius 1 is 0.968 bits per heavy atom. The van der Waals surface area contributed by atoms with Gasteiger partial charge in [-0.2, -0.15) is 0 Å². The molecule has 1 aromatic heterocycles. The molecule has 0 radical (unpaired) electrons. The summed E-state index contributed by atoms with van der Waals surface area (Å²) in [4.78, 5) is 38.6. The molecule has 3 aromatic rings. The van der Waals surface area contributed by atoms with Gasteiger partial charge in [0.2, 0.25) is 5.91 Å². The Morgan fingerprint density at radius 3 is 2.29 bits per heavy atom. The van der Waals surface area contributed by atoms with Gasteiger partial charge in [-0.1, -0.05) is 12.1 Å². The van der Waals surface area contributed by atoms with Gasteiger partial charge in [-0.3, -0.25) is 18.7 Å². The summed E-state index contributed by atoms with van der Waals surface area (Å²) >= 11 is 0. The predicted molar refractivity (Wildman–Crippen MR) is 117 cm³/mol. The Bertz CT molecular complexity index is 1180. The maximum Gasteiger partial charge on any atom is 0.331 e. The van der Waals surface area contributed by atoms with Gasteiger partial charge < -0.3 is 19.5 Å². The first kappa shape index (κ1) is 22.1. The molecule has 0 saturated heterocycles. The number of methoxy groups -OCH3 is 3. The van der Waals surface area contributed by atoms with Crippen LogP contribution in [0.1, 0.15) is 6.42 Å². The van der Waals surface area contributed by atoms with E-state index in [-0.39, 0.29) is 18.6 Å². The van der Waals surface area contributed by atoms with Gasteiger partial charge in [-0.15, -0.1) is 0 Å². The van der Waals surface area contributed by atoms with Crippen LogP contribution in [-0.4, -0.2) is 43.0 Å². The van der Waals surface area contributed by atoms with E-state index in [4.69, 9.17) is 14.2 Å². The highest BCUT2D eigenvalue weighted by molar-refractivity contribution is 5.92. The van der Waals surface area contributed by atoms with Gasteiger partial charge in [0, 0.05) is 44.1 Å². The minimum absolute atomic E-state index is 0.199. The molecule has 0 fully saturated rings. The van der Waals surface area contributed by atoms with Crippen LogP contribution in [0.15, 0.2) is 52.1 Å². The second-order valence-corrected chi connectivity index (χ2v) is 6.84. The number of hydrogen-bond donors (Lipinski definition) is 1. The minimum Gasteiger partial charge on any atom is -0.497 e. The van der Waals surface area contributed by atoms with Crippen molar-refractivity contribution in [2.24, 2.45) is 0 Å². The standard InChI is InChI=1S/C22H25N3O6/c1-29-10-6-9-24-21(27)18-7-4-5-8-19(18)25(22(24)28)14-20(26)23-15-11-16(30-2)13-17(12-15)31-3/h4-5,7-8,11-13H,6,9-10,14H2,1-3H3,(H,23,26). The largest absolute Gasteiger partial charge is 0.497 e. The monoisotopic (exact) mass is 427 g/mol. The zero-order valence-electron chi connectivity index (χ0n) is 17.7. The lowest BCUT2D eigenvalue weighted by atomic mass is 10.2. The van der Waals surface area contributed by atoms with Crippen LogP contribution in [-0.2, 0) is 22.6 Å². The van der Waals surface area contributed by atoms with Crippen molar-refractivity contribution in [2.45, 2.75) is 19.5 Å². The Kier molecular flexibility index (Phi) is 7.09. The highest BCUT2D eigenvalue weighted by atomic mass is 16.5. The van der Waals surface area contributed by atoms with E-state index in [2.05, 4.69) is 5.32 Å². The zero-order chi connectivity index (χ0) is 22.4. The van der Waals surface area contributed by atoms with Gasteiger partial charge in [0.25, 0.3) is 5.56 Å². The number of carbonyl (C=O) groups excluding carboxylic acids is 1. The molecule has 1 heterocycles. The molecule has 3 rings (SSSR count). The number of anilines is 1. The summed E-state index contributed by atoms with van der Waals surface area (Å²) < 4.78 is 17.9. The van der Waals surface area contributed by atoms with Crippen molar-refractivity contribution in [1.82, 2.24) is 9.13 Å². The topological polar surface area (TPSA) is 101 Å². The predicted octanol–water partition coefficient (Wildman–Crippen LogP) is 1.86. The van der Waals surface area contributed by atoms with E-state index in [1.165, 1.54) is 18.8 Å². The van der Waals surface area contributed by atoms with Crippen LogP contribution in [0.3, 0.4) is 0 Å². The molecule has 9 nitrogen and oxygen atoms in total. The zero-order valence-corrected chi connectivity index (χ0v) is 17.7. The molecule has 2 aromatic carbocycles. The number of carbonyl (C=O) groups is 1. The summed E-state index contributed by atoms with van der Waals surface area (Å²) in [6.45, 7) is 0.353. The van der Waals surface area contributed by atoms with Crippen molar-refractivity contribution >= 4 is 22.5 Å². The highest BCUT2D eigenvalue weighted by Crippen LogP contribution is 2.25. The van der Waals surface area contributed by atoms with Crippen LogP contribution in [0.25, 0.3) is 10.9 Å². The number of hydrogen-bond acceptors (Lipinski definition) is 6. The summed E-state index contributed by atoms with van der Waals surface area (Å²) in [6.07, 6.45) is 0.500. The summed E-state index contributed by atoms with van der Waals surface area (Å²) in [5, 5.41) is 3.12. The average Bonchev–Trinajstić information content (AvgIpc) is 2.78. The Morgan fingerprint density at radius 2 is 1.65 bits per heavy atom. The van der Waals surface area contributed by atoms with Crippen LogP contribution in [0.5, 0.6) is 11.5 Å². The molecule has 1 amide bonds. The molecule has 0 spiro atoms. The molecule has 0 aliphatic rings. The van der Waals surface area contributed by atoms with Crippen molar-refractivity contribution < 1.29 is 19.0 Å². The molecule has 0 saturated carbocycles. The quantitative estimate of drug-likeness (QED) is 0.523. The molecular formula is C22H25N3O6. The number of amides is 1. The second kappa shape index (κ2) is 9.94. The maximum atomic E-state index is 13.1. The molecule has 164 valence electrons. The number of para-hydroxylation sites is 1. The molecule has 0 bridgehead atoms. The van der Waals surface area contributed by atoms with Gasteiger partial charge in [-0.05, 0) is 18.6 Å². The smallest absolute Gasteiger partial charge is 0.331 e. The van der Waals surface area contributed by atoms with Crippen LogP contribution < -0.4 is 26.0 Å². The fourth-order valence-electron chi connectivity index (χ4n) is 3.31. The van der Waals surface area contributed by atoms with Crippen molar-refractivity contribution in [3.05, 3.63) is 63.3 Å². The SMILES string of the molecule is COCCCn1c(=O)c2ccccc2n(CC(=O)Nc2cc(OC)cc(OC)c2)c1=O. The van der Waals surface area contributed by atoms with E-state index in [1.54, 1.807) is 49.6 Å². The Hall–Kier alpha value is -3.59. The van der Waals surface area contributed by atoms with E-state index in [1.807, 2.05) is 0 Å². The first-order valence-corrected chi connectivity index (χ1v) is 9.72. The number of benzene rings is 2. The first-order valence-electron chi connectivity index (χ1n) is 9.72. The first-order chi connectivity index (χ1) is 15.0. The summed E-state index contributed by atoms with van der Waals surface area (Å²) in [6, 6.07) is 11.7. The molecule has 0 unspecified atom stereocenters. The van der Waals surface area contributed by atoms with Crippen LogP contribution in [0.2, 0.25) is 0 Å². The fraction of sp³-hybridized carbons (Fsp3) is 0.318. The highest BCUT2D eigenvalue weighted by Gasteiger charge is 2.15. The third-order valence-electron chi connectivity index (χ3n) is 4.80. The van der Waals surface area contributed by atoms with Crippen LogP contribution in [0.4, 0.5) is 5.69 Å². The van der Waals surface area contributed by atoms with E-state index in [9.17, 15) is 14.4 Å². The van der Waals surface area contributed by atoms with Crippen molar-refractivity contribution in [2.75, 3.05) is 33.3 Å². The van der Waals surface area contributed by atoms with Crippen LogP contribution in [0, 0.1) is 0 Å². The normalized spacial score (nSPS) is 10.8. The molecule has 0 aliphatic carbocycles. The third kappa shape index (κ3) is 4.95. The number of nitrogens with zero attached hydrogens (tertiary/aromatic N) is 2.